The maximum Gasteiger partial charge on any atom is 0.413 e. The van der Waals surface area contributed by atoms with Crippen LogP contribution in [0.1, 0.15) is 113 Å². The summed E-state index contributed by atoms with van der Waals surface area (Å²) in [5.74, 6) is -1.47. The standard InChI is InChI=1S/C51H58N5O8/c1-4-6-14-26-51(27-15-7-5-2)41-30-36(52-47(59)43-32-38(57)33-55(43)45(58)29-34-17-10-8-11-18-34)22-24-39(41)40-25-23-37(31-42(40)51)56(50(62)63)44-21-16-28-54(44)48(60)46(53-49(61)64-3)35-19-12-9-13-20-35/h8-13,17-20,22-25,29-31,43-44,46H,4-7,14-16,21,26-28,32-33H2,1-3H3,(H,52,59)(H,53,61)(H,62,63)/t43-,44-,46+/m0/s1. The highest BCUT2D eigenvalue weighted by molar-refractivity contribution is 6.06. The van der Waals surface area contributed by atoms with E-state index in [4.69, 9.17) is 4.74 Å². The molecule has 2 saturated heterocycles. The monoisotopic (exact) mass is 868 g/mol. The lowest BCUT2D eigenvalue weighted by Gasteiger charge is -2.37. The summed E-state index contributed by atoms with van der Waals surface area (Å²) in [5, 5.41) is 16.7. The number of unbranched alkanes of at least 4 members (excludes halogenated alkanes) is 4. The summed E-state index contributed by atoms with van der Waals surface area (Å²) in [5.41, 5.74) is 5.70. The van der Waals surface area contributed by atoms with Gasteiger partial charge in [-0.1, -0.05) is 125 Å². The van der Waals surface area contributed by atoms with E-state index in [-0.39, 0.29) is 18.7 Å². The maximum atomic E-state index is 14.4. The van der Waals surface area contributed by atoms with Gasteiger partial charge in [0.1, 0.15) is 18.2 Å². The number of rotatable bonds is 17. The van der Waals surface area contributed by atoms with Crippen molar-refractivity contribution in [3.05, 3.63) is 126 Å². The third-order valence-corrected chi connectivity index (χ3v) is 13.0. The number of hydrogen-bond donors (Lipinski definition) is 3. The minimum Gasteiger partial charge on any atom is -0.465 e. The first-order valence-corrected chi connectivity index (χ1v) is 22.5. The number of ketones is 1. The van der Waals surface area contributed by atoms with Crippen LogP contribution in [-0.4, -0.2) is 83.0 Å². The van der Waals surface area contributed by atoms with Crippen LogP contribution in [0.25, 0.3) is 11.1 Å². The molecule has 4 aromatic carbocycles. The summed E-state index contributed by atoms with van der Waals surface area (Å²) >= 11 is 0. The van der Waals surface area contributed by atoms with Crippen LogP contribution >= 0.6 is 0 Å². The molecule has 3 atom stereocenters. The highest BCUT2D eigenvalue weighted by atomic mass is 16.5. The van der Waals surface area contributed by atoms with Crippen molar-refractivity contribution in [1.29, 1.82) is 0 Å². The van der Waals surface area contributed by atoms with Gasteiger partial charge in [-0.25, -0.2) is 9.59 Å². The molecule has 2 heterocycles. The lowest BCUT2D eigenvalue weighted by atomic mass is 9.70. The van der Waals surface area contributed by atoms with Crippen LogP contribution in [0.3, 0.4) is 0 Å². The second kappa shape index (κ2) is 20.3. The fourth-order valence-electron chi connectivity index (χ4n) is 9.84. The van der Waals surface area contributed by atoms with Crippen molar-refractivity contribution in [3.63, 3.8) is 0 Å². The number of carbonyl (C=O) groups is 6. The zero-order chi connectivity index (χ0) is 45.4. The van der Waals surface area contributed by atoms with E-state index < -0.39 is 53.6 Å². The summed E-state index contributed by atoms with van der Waals surface area (Å²) in [7, 11) is 1.23. The van der Waals surface area contributed by atoms with E-state index in [0.29, 0.717) is 41.9 Å². The summed E-state index contributed by atoms with van der Waals surface area (Å²) in [4.78, 5) is 84.6. The van der Waals surface area contributed by atoms with Crippen molar-refractivity contribution >= 4 is 47.1 Å². The van der Waals surface area contributed by atoms with Crippen molar-refractivity contribution in [2.75, 3.05) is 30.4 Å². The minimum absolute atomic E-state index is 0.0733. The maximum absolute atomic E-state index is 14.4. The minimum atomic E-state index is -1.20. The van der Waals surface area contributed by atoms with Crippen LogP contribution in [-0.2, 0) is 29.3 Å². The molecule has 1 radical (unpaired) electrons. The van der Waals surface area contributed by atoms with E-state index in [9.17, 15) is 33.9 Å². The highest BCUT2D eigenvalue weighted by Gasteiger charge is 2.45. The molecular weight excluding hydrogens is 811 g/mol. The predicted octanol–water partition coefficient (Wildman–Crippen LogP) is 9.00. The van der Waals surface area contributed by atoms with Gasteiger partial charge in [-0.2, -0.15) is 0 Å². The first kappa shape index (κ1) is 45.5. The molecule has 1 aliphatic carbocycles. The fraction of sp³-hybridized carbons (Fsp3) is 0.392. The topological polar surface area (TPSA) is 166 Å². The van der Waals surface area contributed by atoms with Gasteiger partial charge in [0.2, 0.25) is 11.8 Å². The molecule has 13 heteroatoms. The summed E-state index contributed by atoms with van der Waals surface area (Å²) in [6.07, 6.45) is 6.94. The number of alkyl carbamates (subject to hydrolysis) is 1. The van der Waals surface area contributed by atoms with Crippen LogP contribution in [0.15, 0.2) is 97.1 Å². The number of carbonyl (C=O) groups excluding carboxylic acids is 5. The molecule has 0 saturated carbocycles. The van der Waals surface area contributed by atoms with Crippen LogP contribution < -0.4 is 15.5 Å². The summed E-state index contributed by atoms with van der Waals surface area (Å²) < 4.78 is 4.87. The van der Waals surface area contributed by atoms with Gasteiger partial charge < -0.3 is 30.3 Å². The average molecular weight is 869 g/mol. The van der Waals surface area contributed by atoms with E-state index in [0.717, 1.165) is 73.6 Å². The smallest absolute Gasteiger partial charge is 0.413 e. The van der Waals surface area contributed by atoms with Gasteiger partial charge in [0.05, 0.1) is 20.1 Å². The number of nitrogens with one attached hydrogen (secondary N) is 2. The van der Waals surface area contributed by atoms with Gasteiger partial charge >= 0.3 is 12.2 Å². The van der Waals surface area contributed by atoms with Gasteiger partial charge in [-0.3, -0.25) is 24.1 Å². The molecule has 0 unspecified atom stereocenters. The van der Waals surface area contributed by atoms with E-state index in [1.807, 2.05) is 54.6 Å². The quantitative estimate of drug-likeness (QED) is 0.0885. The molecule has 64 heavy (non-hydrogen) atoms. The molecule has 0 bridgehead atoms. The van der Waals surface area contributed by atoms with Crippen LogP contribution in [0.2, 0.25) is 0 Å². The Morgan fingerprint density at radius 1 is 0.844 bits per heavy atom. The number of nitrogens with zero attached hydrogens (tertiary/aromatic N) is 3. The third-order valence-electron chi connectivity index (χ3n) is 13.0. The van der Waals surface area contributed by atoms with Gasteiger partial charge in [0.15, 0.2) is 5.78 Å². The Balaban J connectivity index is 1.23. The zero-order valence-corrected chi connectivity index (χ0v) is 36.9. The highest BCUT2D eigenvalue weighted by Crippen LogP contribution is 2.56. The predicted molar refractivity (Wildman–Crippen MR) is 245 cm³/mol. The summed E-state index contributed by atoms with van der Waals surface area (Å²) in [6, 6.07) is 27.5. The zero-order valence-electron chi connectivity index (χ0n) is 36.9. The number of ether oxygens (including phenoxy) is 1. The molecule has 335 valence electrons. The second-order valence-electron chi connectivity index (χ2n) is 17.0. The number of likely N-dealkylation sites (tertiary alicyclic amines) is 2. The Kier molecular flexibility index (Phi) is 14.5. The van der Waals surface area contributed by atoms with Crippen molar-refractivity contribution in [2.45, 2.75) is 108 Å². The molecular formula is C51H58N5O8. The molecule has 7 rings (SSSR count). The second-order valence-corrected chi connectivity index (χ2v) is 17.0. The van der Waals surface area contributed by atoms with Crippen LogP contribution in [0.5, 0.6) is 0 Å². The SMILES string of the molecule is CCCCCC1(CCCCC)c2cc(NC(=O)[C@@H]3CC(=O)CN3C(=O)[CH]c3ccccc3)ccc2-c2ccc(N(C(=O)O)[C@H]3CCCN3C(=O)[C@H](NC(=O)OC)c3ccccc3)cc21. The number of amides is 5. The normalized spacial score (nSPS) is 17.6. The molecule has 2 fully saturated rings. The Hall–Kier alpha value is -6.50. The Bertz CT molecular complexity index is 2340. The van der Waals surface area contributed by atoms with Crippen molar-refractivity contribution in [1.82, 2.24) is 15.1 Å². The largest absolute Gasteiger partial charge is 0.465 e. The number of Topliss-reactive ketones (excluding diaryl/α,β-unsaturated/α-hetero) is 1. The Morgan fingerprint density at radius 3 is 2.12 bits per heavy atom. The van der Waals surface area contributed by atoms with Crippen molar-refractivity contribution in [3.8, 4) is 11.1 Å². The molecule has 4 aromatic rings. The average Bonchev–Trinajstić information content (AvgIpc) is 4.01. The lowest BCUT2D eigenvalue weighted by Crippen LogP contribution is -2.53. The van der Waals surface area contributed by atoms with Gasteiger partial charge in [0, 0.05) is 29.8 Å². The van der Waals surface area contributed by atoms with Crippen LogP contribution in [0, 0.1) is 6.42 Å². The molecule has 13 nitrogen and oxygen atoms in total. The number of methoxy groups -OCH3 is 1. The van der Waals surface area contributed by atoms with Gasteiger partial charge in [-0.15, -0.1) is 0 Å². The first-order chi connectivity index (χ1) is 31.0. The Labute approximate surface area is 375 Å². The van der Waals surface area contributed by atoms with Gasteiger partial charge in [-0.05, 0) is 83.3 Å². The lowest BCUT2D eigenvalue weighted by molar-refractivity contribution is -0.134. The Morgan fingerprint density at radius 2 is 1.48 bits per heavy atom. The van der Waals surface area contributed by atoms with Crippen LogP contribution in [0.4, 0.5) is 21.0 Å². The van der Waals surface area contributed by atoms with E-state index in [1.165, 1.54) is 23.3 Å². The molecule has 2 aliphatic heterocycles. The van der Waals surface area contributed by atoms with E-state index in [2.05, 4.69) is 24.5 Å². The molecule has 3 aliphatic rings. The number of carboxylic acid groups (broad SMARTS) is 1. The van der Waals surface area contributed by atoms with E-state index in [1.54, 1.807) is 47.4 Å². The molecule has 5 amide bonds. The first-order valence-electron chi connectivity index (χ1n) is 22.5. The number of anilines is 2. The third kappa shape index (κ3) is 9.53. The fourth-order valence-corrected chi connectivity index (χ4v) is 9.84. The molecule has 0 aromatic heterocycles. The van der Waals surface area contributed by atoms with Crippen molar-refractivity contribution < 1.29 is 38.6 Å². The number of fused-ring (bicyclic) bond motifs is 3. The molecule has 0 spiro atoms. The number of hydrogen-bond acceptors (Lipinski definition) is 7. The van der Waals surface area contributed by atoms with Crippen molar-refractivity contribution in [2.24, 2.45) is 0 Å². The summed E-state index contributed by atoms with van der Waals surface area (Å²) in [6.45, 7) is 4.48. The van der Waals surface area contributed by atoms with Gasteiger partial charge in [0.25, 0.3) is 5.91 Å². The molecule has 3 N–H and O–H groups in total. The number of benzene rings is 4. The van der Waals surface area contributed by atoms with E-state index >= 15 is 0 Å².